The van der Waals surface area contributed by atoms with Crippen molar-refractivity contribution in [2.45, 2.75) is 24.4 Å². The van der Waals surface area contributed by atoms with Crippen molar-refractivity contribution in [2.24, 2.45) is 0 Å². The Labute approximate surface area is 149 Å². The average molecular weight is 361 g/mol. The second-order valence-electron chi connectivity index (χ2n) is 5.21. The molecule has 0 aliphatic rings. The molecule has 3 rings (SSSR count). The van der Waals surface area contributed by atoms with Gasteiger partial charge in [0.25, 0.3) is 5.56 Å². The van der Waals surface area contributed by atoms with Gasteiger partial charge < -0.3 is 4.74 Å². The number of hydrogen-bond donors (Lipinski definition) is 0. The van der Waals surface area contributed by atoms with E-state index < -0.39 is 0 Å². The third-order valence-electron chi connectivity index (χ3n) is 3.74. The molecule has 6 heteroatoms. The number of hydrogen-bond acceptors (Lipinski definition) is 4. The van der Waals surface area contributed by atoms with E-state index in [4.69, 9.17) is 16.3 Å². The summed E-state index contributed by atoms with van der Waals surface area (Å²) in [6.07, 6.45) is 0. The molecule has 0 saturated heterocycles. The van der Waals surface area contributed by atoms with E-state index in [-0.39, 0.29) is 5.56 Å². The highest BCUT2D eigenvalue weighted by Gasteiger charge is 2.12. The third kappa shape index (κ3) is 3.28. The van der Waals surface area contributed by atoms with Gasteiger partial charge in [-0.2, -0.15) is 0 Å². The van der Waals surface area contributed by atoms with Crippen molar-refractivity contribution >= 4 is 34.3 Å². The zero-order valence-electron chi connectivity index (χ0n) is 13.5. The van der Waals surface area contributed by atoms with Gasteiger partial charge >= 0.3 is 0 Å². The first-order valence-electron chi connectivity index (χ1n) is 7.58. The Hall–Kier alpha value is -1.98. The topological polar surface area (TPSA) is 44.1 Å². The molecule has 3 aromatic rings. The molecule has 0 fully saturated rings. The van der Waals surface area contributed by atoms with E-state index in [0.717, 1.165) is 11.3 Å². The maximum absolute atomic E-state index is 12.6. The number of methoxy groups -OCH3 is 1. The molecule has 0 aliphatic carbocycles. The summed E-state index contributed by atoms with van der Waals surface area (Å²) in [5, 5.41) is 2.00. The summed E-state index contributed by atoms with van der Waals surface area (Å²) in [7, 11) is 1.63. The smallest absolute Gasteiger partial charge is 0.262 e. The van der Waals surface area contributed by atoms with Crippen LogP contribution in [0.4, 0.5) is 0 Å². The maximum Gasteiger partial charge on any atom is 0.262 e. The first-order valence-corrected chi connectivity index (χ1v) is 8.95. The molecule has 1 heterocycles. The van der Waals surface area contributed by atoms with Crippen LogP contribution in [0, 0.1) is 0 Å². The fraction of sp³-hybridized carbons (Fsp3) is 0.222. The molecule has 0 amide bonds. The highest BCUT2D eigenvalue weighted by molar-refractivity contribution is 7.98. The monoisotopic (exact) mass is 360 g/mol. The zero-order valence-corrected chi connectivity index (χ0v) is 15.0. The number of aromatic nitrogens is 2. The Morgan fingerprint density at radius 1 is 1.25 bits per heavy atom. The Morgan fingerprint density at radius 2 is 2.04 bits per heavy atom. The number of ether oxygens (including phenoxy) is 1. The molecule has 0 aliphatic heterocycles. The molecular weight excluding hydrogens is 344 g/mol. The second kappa shape index (κ2) is 7.28. The summed E-state index contributed by atoms with van der Waals surface area (Å²) in [5.41, 5.74) is 1.68. The zero-order chi connectivity index (χ0) is 17.1. The van der Waals surface area contributed by atoms with E-state index in [1.165, 1.54) is 11.8 Å². The van der Waals surface area contributed by atoms with Gasteiger partial charge in [0.15, 0.2) is 5.16 Å². The number of thioether (sulfide) groups is 1. The maximum atomic E-state index is 12.6. The molecule has 4 nitrogen and oxygen atoms in total. The van der Waals surface area contributed by atoms with Gasteiger partial charge in [-0.3, -0.25) is 9.36 Å². The first kappa shape index (κ1) is 16.9. The van der Waals surface area contributed by atoms with Crippen LogP contribution in [0.25, 0.3) is 10.9 Å². The Kier molecular flexibility index (Phi) is 5.11. The van der Waals surface area contributed by atoms with E-state index in [9.17, 15) is 4.79 Å². The van der Waals surface area contributed by atoms with Crippen molar-refractivity contribution in [2.75, 3.05) is 7.11 Å². The standard InChI is InChI=1S/C18H17ClN2O2S/c1-3-21-17(22)14-6-4-5-7-15(14)20-18(21)24-11-12-10-13(19)8-9-16(12)23-2/h4-10H,3,11H2,1-2H3. The minimum atomic E-state index is -0.0105. The van der Waals surface area contributed by atoms with Crippen LogP contribution in [0.5, 0.6) is 5.75 Å². The summed E-state index contributed by atoms with van der Waals surface area (Å²) < 4.78 is 7.08. The predicted octanol–water partition coefficient (Wildman–Crippen LogP) is 4.37. The first-order chi connectivity index (χ1) is 11.6. The lowest BCUT2D eigenvalue weighted by molar-refractivity contribution is 0.411. The SMILES string of the molecule is CCn1c(SCc2cc(Cl)ccc2OC)nc2ccccc2c1=O. The molecule has 0 bridgehead atoms. The molecular formula is C18H17ClN2O2S. The van der Waals surface area contributed by atoms with Gasteiger partial charge in [-0.25, -0.2) is 4.98 Å². The number of benzene rings is 2. The summed E-state index contributed by atoms with van der Waals surface area (Å²) >= 11 is 7.59. The van der Waals surface area contributed by atoms with Crippen molar-refractivity contribution in [3.05, 3.63) is 63.4 Å². The quantitative estimate of drug-likeness (QED) is 0.500. The number of halogens is 1. The molecule has 0 N–H and O–H groups in total. The van der Waals surface area contributed by atoms with E-state index in [1.54, 1.807) is 17.7 Å². The van der Waals surface area contributed by atoms with Crippen LogP contribution in [0.3, 0.4) is 0 Å². The summed E-state index contributed by atoms with van der Waals surface area (Å²) in [6, 6.07) is 12.9. The van der Waals surface area contributed by atoms with Crippen LogP contribution in [0.1, 0.15) is 12.5 Å². The van der Waals surface area contributed by atoms with E-state index >= 15 is 0 Å². The van der Waals surface area contributed by atoms with Crippen LogP contribution >= 0.6 is 23.4 Å². The molecule has 0 spiro atoms. The lowest BCUT2D eigenvalue weighted by Crippen LogP contribution is -2.22. The fourth-order valence-corrected chi connectivity index (χ4v) is 3.77. The van der Waals surface area contributed by atoms with Gasteiger partial charge in [-0.15, -0.1) is 0 Å². The van der Waals surface area contributed by atoms with Gasteiger partial charge in [0.1, 0.15) is 5.75 Å². The minimum Gasteiger partial charge on any atom is -0.496 e. The molecule has 1 aromatic heterocycles. The Bertz CT molecular complexity index is 940. The van der Waals surface area contributed by atoms with Gasteiger partial charge in [0.2, 0.25) is 0 Å². The molecule has 2 aromatic carbocycles. The van der Waals surface area contributed by atoms with Gasteiger partial charge in [0.05, 0.1) is 18.0 Å². The summed E-state index contributed by atoms with van der Waals surface area (Å²) in [5.74, 6) is 1.40. The molecule has 0 saturated carbocycles. The van der Waals surface area contributed by atoms with Crippen LogP contribution in [-0.4, -0.2) is 16.7 Å². The van der Waals surface area contributed by atoms with Crippen LogP contribution in [-0.2, 0) is 12.3 Å². The van der Waals surface area contributed by atoms with Crippen molar-refractivity contribution in [3.63, 3.8) is 0 Å². The van der Waals surface area contributed by atoms with Crippen molar-refractivity contribution in [1.29, 1.82) is 0 Å². The average Bonchev–Trinajstić information content (AvgIpc) is 2.60. The lowest BCUT2D eigenvalue weighted by Gasteiger charge is -2.12. The molecule has 124 valence electrons. The van der Waals surface area contributed by atoms with Crippen molar-refractivity contribution < 1.29 is 4.74 Å². The Balaban J connectivity index is 1.99. The van der Waals surface area contributed by atoms with E-state index in [0.29, 0.717) is 33.4 Å². The highest BCUT2D eigenvalue weighted by atomic mass is 35.5. The number of rotatable bonds is 5. The summed E-state index contributed by atoms with van der Waals surface area (Å²) in [6.45, 7) is 2.52. The number of fused-ring (bicyclic) bond motifs is 1. The number of para-hydroxylation sites is 1. The largest absolute Gasteiger partial charge is 0.496 e. The van der Waals surface area contributed by atoms with Gasteiger partial charge in [-0.05, 0) is 37.3 Å². The molecule has 0 unspecified atom stereocenters. The normalized spacial score (nSPS) is 11.0. The molecule has 0 radical (unpaired) electrons. The fourth-order valence-electron chi connectivity index (χ4n) is 2.54. The minimum absolute atomic E-state index is 0.0105. The van der Waals surface area contributed by atoms with Crippen molar-refractivity contribution in [1.82, 2.24) is 9.55 Å². The predicted molar refractivity (Wildman–Crippen MR) is 99.2 cm³/mol. The van der Waals surface area contributed by atoms with Crippen LogP contribution in [0.15, 0.2) is 52.4 Å². The third-order valence-corrected chi connectivity index (χ3v) is 5.00. The summed E-state index contributed by atoms with van der Waals surface area (Å²) in [4.78, 5) is 17.3. The number of nitrogens with zero attached hydrogens (tertiary/aromatic N) is 2. The van der Waals surface area contributed by atoms with Crippen molar-refractivity contribution in [3.8, 4) is 5.75 Å². The second-order valence-corrected chi connectivity index (χ2v) is 6.58. The van der Waals surface area contributed by atoms with Gasteiger partial charge in [0, 0.05) is 22.9 Å². The van der Waals surface area contributed by atoms with Crippen LogP contribution < -0.4 is 10.3 Å². The van der Waals surface area contributed by atoms with E-state index in [2.05, 4.69) is 4.98 Å². The molecule has 24 heavy (non-hydrogen) atoms. The van der Waals surface area contributed by atoms with E-state index in [1.807, 2.05) is 43.3 Å². The highest BCUT2D eigenvalue weighted by Crippen LogP contribution is 2.29. The Morgan fingerprint density at radius 3 is 2.79 bits per heavy atom. The lowest BCUT2D eigenvalue weighted by atomic mass is 10.2. The molecule has 0 atom stereocenters. The van der Waals surface area contributed by atoms with Gasteiger partial charge in [-0.1, -0.05) is 35.5 Å². The van der Waals surface area contributed by atoms with Crippen LogP contribution in [0.2, 0.25) is 5.02 Å².